The van der Waals surface area contributed by atoms with Crippen molar-refractivity contribution in [1.82, 2.24) is 14.8 Å². The summed E-state index contributed by atoms with van der Waals surface area (Å²) >= 11 is 0. The molecule has 2 atom stereocenters. The van der Waals surface area contributed by atoms with Crippen LogP contribution in [0.5, 0.6) is 11.5 Å². The summed E-state index contributed by atoms with van der Waals surface area (Å²) in [6.07, 6.45) is -1.47. The average molecular weight is 404 g/mol. The van der Waals surface area contributed by atoms with Gasteiger partial charge in [-0.1, -0.05) is 6.07 Å². The monoisotopic (exact) mass is 404 g/mol. The van der Waals surface area contributed by atoms with Gasteiger partial charge in [0, 0.05) is 30.4 Å². The van der Waals surface area contributed by atoms with E-state index in [0.29, 0.717) is 34.1 Å². The number of ether oxygens (including phenoxy) is 2. The quantitative estimate of drug-likeness (QED) is 0.688. The van der Waals surface area contributed by atoms with Gasteiger partial charge in [0.25, 0.3) is 0 Å². The number of hydrogen-bond donors (Lipinski definition) is 1. The van der Waals surface area contributed by atoms with Crippen LogP contribution in [0.2, 0.25) is 0 Å². The first-order valence-corrected chi connectivity index (χ1v) is 8.96. The van der Waals surface area contributed by atoms with Crippen molar-refractivity contribution in [3.05, 3.63) is 54.4 Å². The Kier molecular flexibility index (Phi) is 4.81. The average Bonchev–Trinajstić information content (AvgIpc) is 3.16. The maximum atomic E-state index is 13.8. The molecule has 1 aliphatic rings. The summed E-state index contributed by atoms with van der Waals surface area (Å²) in [7, 11) is 3.00. The summed E-state index contributed by atoms with van der Waals surface area (Å²) in [6.45, 7) is 0. The number of methoxy groups -OCH3 is 2. The van der Waals surface area contributed by atoms with Crippen LogP contribution in [0.4, 0.5) is 19.0 Å². The highest BCUT2D eigenvalue weighted by molar-refractivity contribution is 5.63. The zero-order valence-electron chi connectivity index (χ0n) is 15.8. The molecule has 0 fully saturated rings. The van der Waals surface area contributed by atoms with Gasteiger partial charge >= 0.3 is 6.18 Å². The number of pyridine rings is 1. The normalized spacial score (nSPS) is 18.7. The zero-order valence-corrected chi connectivity index (χ0v) is 15.8. The van der Waals surface area contributed by atoms with Gasteiger partial charge in [-0.15, -0.1) is 0 Å². The third-order valence-corrected chi connectivity index (χ3v) is 4.98. The molecule has 0 aliphatic carbocycles. The number of nitrogens with zero attached hydrogens (tertiary/aromatic N) is 3. The molecule has 0 saturated heterocycles. The molecular weight excluding hydrogens is 385 g/mol. The van der Waals surface area contributed by atoms with Crippen LogP contribution in [-0.2, 0) is 0 Å². The van der Waals surface area contributed by atoms with Crippen molar-refractivity contribution in [2.24, 2.45) is 0 Å². The molecule has 1 aliphatic heterocycles. The van der Waals surface area contributed by atoms with Gasteiger partial charge in [0.2, 0.25) is 0 Å². The van der Waals surface area contributed by atoms with Crippen LogP contribution in [0.15, 0.2) is 48.8 Å². The molecule has 0 bridgehead atoms. The van der Waals surface area contributed by atoms with Crippen LogP contribution in [0.1, 0.15) is 24.1 Å². The molecule has 1 N–H and O–H groups in total. The molecule has 152 valence electrons. The van der Waals surface area contributed by atoms with Crippen molar-refractivity contribution in [2.45, 2.75) is 24.7 Å². The molecule has 4 rings (SSSR count). The Labute approximate surface area is 165 Å². The van der Waals surface area contributed by atoms with Crippen molar-refractivity contribution in [2.75, 3.05) is 19.5 Å². The molecule has 0 unspecified atom stereocenters. The number of rotatable bonds is 4. The van der Waals surface area contributed by atoms with Crippen LogP contribution in [0.25, 0.3) is 11.3 Å². The second kappa shape index (κ2) is 7.31. The maximum absolute atomic E-state index is 13.8. The van der Waals surface area contributed by atoms with Gasteiger partial charge < -0.3 is 14.8 Å². The van der Waals surface area contributed by atoms with Gasteiger partial charge in [-0.05, 0) is 29.8 Å². The first-order chi connectivity index (χ1) is 13.9. The SMILES string of the molecule is COc1ccc([C@@H]2C[C@H](C(F)(F)F)n3nc(-c4ccncc4)cc3N2)cc1OC. The van der Waals surface area contributed by atoms with Crippen molar-refractivity contribution >= 4 is 5.82 Å². The van der Waals surface area contributed by atoms with E-state index in [1.54, 1.807) is 48.8 Å². The summed E-state index contributed by atoms with van der Waals surface area (Å²) in [5.74, 6) is 1.29. The van der Waals surface area contributed by atoms with Crippen LogP contribution >= 0.6 is 0 Å². The Hall–Kier alpha value is -3.23. The highest BCUT2D eigenvalue weighted by Gasteiger charge is 2.46. The van der Waals surface area contributed by atoms with Gasteiger partial charge in [0.15, 0.2) is 17.5 Å². The molecular formula is C20H19F3N4O2. The summed E-state index contributed by atoms with van der Waals surface area (Å²) in [6, 6.07) is 7.87. The Morgan fingerprint density at radius 3 is 2.41 bits per heavy atom. The predicted molar refractivity (Wildman–Crippen MR) is 101 cm³/mol. The Morgan fingerprint density at radius 2 is 1.76 bits per heavy atom. The Morgan fingerprint density at radius 1 is 1.03 bits per heavy atom. The van der Waals surface area contributed by atoms with Crippen LogP contribution in [-0.4, -0.2) is 35.2 Å². The van der Waals surface area contributed by atoms with Gasteiger partial charge in [0.05, 0.1) is 26.0 Å². The third kappa shape index (κ3) is 3.59. The predicted octanol–water partition coefficient (Wildman–Crippen LogP) is 4.62. The molecule has 0 spiro atoms. The van der Waals surface area contributed by atoms with E-state index in [1.807, 2.05) is 0 Å². The van der Waals surface area contributed by atoms with E-state index in [1.165, 1.54) is 14.2 Å². The van der Waals surface area contributed by atoms with Crippen molar-refractivity contribution in [3.8, 4) is 22.8 Å². The minimum atomic E-state index is -4.44. The number of hydrogen-bond acceptors (Lipinski definition) is 5. The highest BCUT2D eigenvalue weighted by Crippen LogP contribution is 2.45. The largest absolute Gasteiger partial charge is 0.493 e. The molecule has 3 aromatic rings. The number of fused-ring (bicyclic) bond motifs is 1. The highest BCUT2D eigenvalue weighted by atomic mass is 19.4. The van der Waals surface area contributed by atoms with E-state index in [-0.39, 0.29) is 6.42 Å². The van der Waals surface area contributed by atoms with E-state index < -0.39 is 18.3 Å². The lowest BCUT2D eigenvalue weighted by molar-refractivity contribution is -0.173. The summed E-state index contributed by atoms with van der Waals surface area (Å²) in [5.41, 5.74) is 1.83. The fourth-order valence-electron chi connectivity index (χ4n) is 3.53. The zero-order chi connectivity index (χ0) is 20.6. The van der Waals surface area contributed by atoms with E-state index >= 15 is 0 Å². The number of benzene rings is 1. The van der Waals surface area contributed by atoms with E-state index in [0.717, 1.165) is 4.68 Å². The lowest BCUT2D eigenvalue weighted by Gasteiger charge is -2.33. The van der Waals surface area contributed by atoms with E-state index in [9.17, 15) is 13.2 Å². The van der Waals surface area contributed by atoms with Crippen LogP contribution in [0.3, 0.4) is 0 Å². The lowest BCUT2D eigenvalue weighted by atomic mass is 9.96. The summed E-state index contributed by atoms with van der Waals surface area (Å²) in [5, 5.41) is 7.40. The molecule has 0 amide bonds. The van der Waals surface area contributed by atoms with E-state index in [4.69, 9.17) is 9.47 Å². The second-order valence-electron chi connectivity index (χ2n) is 6.70. The minimum absolute atomic E-state index is 0.191. The number of halogens is 3. The fraction of sp³-hybridized carbons (Fsp3) is 0.300. The minimum Gasteiger partial charge on any atom is -0.493 e. The number of anilines is 1. The van der Waals surface area contributed by atoms with Crippen molar-refractivity contribution in [1.29, 1.82) is 0 Å². The molecule has 0 radical (unpaired) electrons. The van der Waals surface area contributed by atoms with Crippen molar-refractivity contribution in [3.63, 3.8) is 0 Å². The third-order valence-electron chi connectivity index (χ3n) is 4.98. The van der Waals surface area contributed by atoms with Crippen molar-refractivity contribution < 1.29 is 22.6 Å². The Bertz CT molecular complexity index is 1000. The molecule has 6 nitrogen and oxygen atoms in total. The molecule has 9 heteroatoms. The first kappa shape index (κ1) is 19.1. The standard InChI is InChI=1S/C20H19F3N4O2/c1-28-16-4-3-13(9-17(16)29-2)14-10-18(20(21,22)23)27-19(25-14)11-15(26-27)12-5-7-24-8-6-12/h3-9,11,14,18,25H,10H2,1-2H3/t14-,18+/m0/s1. The molecule has 1 aromatic carbocycles. The van der Waals surface area contributed by atoms with Gasteiger partial charge in [-0.25, -0.2) is 4.68 Å². The topological polar surface area (TPSA) is 61.2 Å². The van der Waals surface area contributed by atoms with Crippen LogP contribution in [0, 0.1) is 0 Å². The molecule has 29 heavy (non-hydrogen) atoms. The maximum Gasteiger partial charge on any atom is 0.410 e. The van der Waals surface area contributed by atoms with E-state index in [2.05, 4.69) is 15.4 Å². The van der Waals surface area contributed by atoms with Crippen LogP contribution < -0.4 is 14.8 Å². The number of nitrogens with one attached hydrogen (secondary N) is 1. The molecule has 0 saturated carbocycles. The molecule has 3 heterocycles. The second-order valence-corrected chi connectivity index (χ2v) is 6.70. The first-order valence-electron chi connectivity index (χ1n) is 8.96. The lowest BCUT2D eigenvalue weighted by Crippen LogP contribution is -2.35. The molecule has 2 aromatic heterocycles. The Balaban J connectivity index is 1.74. The number of alkyl halides is 3. The number of aromatic nitrogens is 3. The summed E-state index contributed by atoms with van der Waals surface area (Å²) < 4.78 is 53.1. The fourth-order valence-corrected chi connectivity index (χ4v) is 3.53. The van der Waals surface area contributed by atoms with Gasteiger partial charge in [0.1, 0.15) is 5.82 Å². The summed E-state index contributed by atoms with van der Waals surface area (Å²) in [4.78, 5) is 3.94. The van der Waals surface area contributed by atoms with Gasteiger partial charge in [-0.2, -0.15) is 18.3 Å². The smallest absolute Gasteiger partial charge is 0.410 e. The van der Waals surface area contributed by atoms with Gasteiger partial charge in [-0.3, -0.25) is 4.98 Å².